The molecule has 11 rings (SSSR count). The lowest BCUT2D eigenvalue weighted by molar-refractivity contribution is 1.07. The van der Waals surface area contributed by atoms with Crippen molar-refractivity contribution in [2.24, 2.45) is 0 Å². The van der Waals surface area contributed by atoms with Gasteiger partial charge in [0.2, 0.25) is 0 Å². The van der Waals surface area contributed by atoms with Crippen LogP contribution in [0.25, 0.3) is 95.4 Å². The summed E-state index contributed by atoms with van der Waals surface area (Å²) >= 11 is 0. The van der Waals surface area contributed by atoms with Gasteiger partial charge in [-0.15, -0.1) is 0 Å². The van der Waals surface area contributed by atoms with Gasteiger partial charge in [0.25, 0.3) is 0 Å². The van der Waals surface area contributed by atoms with Crippen molar-refractivity contribution < 1.29 is 0 Å². The number of hydrogen-bond acceptors (Lipinski definition) is 4. The number of rotatable bonds is 14. The molecule has 0 spiro atoms. The number of benzene rings is 10. The summed E-state index contributed by atoms with van der Waals surface area (Å²) in [6.45, 7) is 8.10. The molecule has 0 aliphatic carbocycles. The standard InChI is InChI=1S/C69H50N4/c1-3-20-49(4-2)53-31-35-57(36-32-53)64-47-61(69-71-67(59-27-16-8-17-28-59)70-68(72-69)60-29-18-9-19-30-60)48-65(58-37-33-54(34-38-58)50-21-10-5-11-22-50)66(64)73(62-43-39-55(40-44-62)51-23-12-6-13-24-51)63-45-41-56(42-46-63)52-25-14-7-15-26-52/h3-48H,1-2H2/b49-20+. The molecule has 4 heteroatoms. The van der Waals surface area contributed by atoms with Crippen molar-refractivity contribution >= 4 is 22.6 Å². The van der Waals surface area contributed by atoms with E-state index in [-0.39, 0.29) is 0 Å². The van der Waals surface area contributed by atoms with E-state index in [1.807, 2.05) is 72.8 Å². The third-order valence-electron chi connectivity index (χ3n) is 13.1. The number of nitrogens with zero attached hydrogens (tertiary/aromatic N) is 4. The van der Waals surface area contributed by atoms with E-state index in [1.165, 1.54) is 0 Å². The van der Waals surface area contributed by atoms with Crippen LogP contribution in [0.4, 0.5) is 17.1 Å². The first-order chi connectivity index (χ1) is 36.1. The lowest BCUT2D eigenvalue weighted by Gasteiger charge is -2.31. The molecule has 10 aromatic carbocycles. The van der Waals surface area contributed by atoms with Gasteiger partial charge in [-0.2, -0.15) is 0 Å². The van der Waals surface area contributed by atoms with E-state index in [2.05, 4.69) is 218 Å². The van der Waals surface area contributed by atoms with Gasteiger partial charge in [-0.3, -0.25) is 0 Å². The van der Waals surface area contributed by atoms with Crippen LogP contribution in [-0.2, 0) is 0 Å². The molecule has 0 fully saturated rings. The smallest absolute Gasteiger partial charge is 0.164 e. The Morgan fingerprint density at radius 1 is 0.315 bits per heavy atom. The van der Waals surface area contributed by atoms with E-state index >= 15 is 0 Å². The SMILES string of the molecule is C=C/C=C(\C=C)c1ccc(-c2cc(-c3nc(-c4ccccc4)nc(-c4ccccc4)n3)cc(-c3ccc(-c4ccccc4)cc3)c2N(c2ccc(-c3ccccc3)cc2)c2ccc(-c3ccccc3)cc2)cc1. The molecule has 0 aliphatic heterocycles. The third-order valence-corrected chi connectivity index (χ3v) is 13.1. The Morgan fingerprint density at radius 2 is 0.616 bits per heavy atom. The summed E-state index contributed by atoms with van der Waals surface area (Å²) in [4.78, 5) is 18.1. The quantitative estimate of drug-likeness (QED) is 0.102. The van der Waals surface area contributed by atoms with Gasteiger partial charge < -0.3 is 4.90 Å². The highest BCUT2D eigenvalue weighted by Gasteiger charge is 2.25. The van der Waals surface area contributed by atoms with Gasteiger partial charge in [0.1, 0.15) is 0 Å². The maximum Gasteiger partial charge on any atom is 0.164 e. The monoisotopic (exact) mass is 934 g/mol. The molecule has 346 valence electrons. The number of anilines is 3. The van der Waals surface area contributed by atoms with Gasteiger partial charge in [0, 0.05) is 39.2 Å². The van der Waals surface area contributed by atoms with Gasteiger partial charge in [0.05, 0.1) is 5.69 Å². The minimum atomic E-state index is 0.563. The van der Waals surface area contributed by atoms with Gasteiger partial charge in [-0.05, 0) is 92.0 Å². The molecule has 0 atom stereocenters. The van der Waals surface area contributed by atoms with Crippen LogP contribution in [0.3, 0.4) is 0 Å². The van der Waals surface area contributed by atoms with E-state index in [0.717, 1.165) is 101 Å². The lowest BCUT2D eigenvalue weighted by Crippen LogP contribution is -2.13. The van der Waals surface area contributed by atoms with E-state index in [9.17, 15) is 0 Å². The number of allylic oxidation sites excluding steroid dienone is 4. The fourth-order valence-corrected chi connectivity index (χ4v) is 9.38. The molecule has 0 amide bonds. The molecule has 4 nitrogen and oxygen atoms in total. The van der Waals surface area contributed by atoms with Gasteiger partial charge >= 0.3 is 0 Å². The maximum atomic E-state index is 5.30. The normalized spacial score (nSPS) is 11.2. The first kappa shape index (κ1) is 45.7. The van der Waals surface area contributed by atoms with Gasteiger partial charge in [-0.25, -0.2) is 15.0 Å². The highest BCUT2D eigenvalue weighted by molar-refractivity contribution is 6.00. The van der Waals surface area contributed by atoms with Crippen molar-refractivity contribution in [3.8, 4) is 89.8 Å². The van der Waals surface area contributed by atoms with Crippen LogP contribution in [0, 0.1) is 0 Å². The van der Waals surface area contributed by atoms with Crippen LogP contribution in [0.1, 0.15) is 5.56 Å². The first-order valence-corrected chi connectivity index (χ1v) is 24.5. The summed E-state index contributed by atoms with van der Waals surface area (Å²) in [6, 6.07) is 91.8. The molecule has 1 aromatic heterocycles. The van der Waals surface area contributed by atoms with E-state index in [0.29, 0.717) is 17.5 Å². The Bertz CT molecular complexity index is 3550. The molecule has 0 saturated heterocycles. The van der Waals surface area contributed by atoms with Gasteiger partial charge in [0.15, 0.2) is 17.5 Å². The van der Waals surface area contributed by atoms with Gasteiger partial charge in [-0.1, -0.05) is 256 Å². The minimum Gasteiger partial charge on any atom is -0.309 e. The summed E-state index contributed by atoms with van der Waals surface area (Å²) in [5, 5.41) is 0. The topological polar surface area (TPSA) is 41.9 Å². The molecule has 0 unspecified atom stereocenters. The minimum absolute atomic E-state index is 0.563. The Hall–Kier alpha value is -9.77. The Morgan fingerprint density at radius 3 is 0.973 bits per heavy atom. The number of hydrogen-bond donors (Lipinski definition) is 0. The molecule has 0 bridgehead atoms. The average Bonchev–Trinajstić information content (AvgIpc) is 3.48. The molecular weight excluding hydrogens is 885 g/mol. The van der Waals surface area contributed by atoms with Crippen LogP contribution in [-0.4, -0.2) is 15.0 Å². The van der Waals surface area contributed by atoms with E-state index in [4.69, 9.17) is 15.0 Å². The van der Waals surface area contributed by atoms with Crippen LogP contribution in [0.5, 0.6) is 0 Å². The zero-order valence-electron chi connectivity index (χ0n) is 40.3. The van der Waals surface area contributed by atoms with Crippen molar-refractivity contribution in [2.75, 3.05) is 4.90 Å². The van der Waals surface area contributed by atoms with E-state index < -0.39 is 0 Å². The Balaban J connectivity index is 1.21. The van der Waals surface area contributed by atoms with Crippen molar-refractivity contribution in [1.29, 1.82) is 0 Å². The fraction of sp³-hybridized carbons (Fsp3) is 0. The summed E-state index contributed by atoms with van der Waals surface area (Å²) in [7, 11) is 0. The largest absolute Gasteiger partial charge is 0.309 e. The van der Waals surface area contributed by atoms with Crippen LogP contribution in [0.15, 0.2) is 292 Å². The summed E-state index contributed by atoms with van der Waals surface area (Å²) < 4.78 is 0. The highest BCUT2D eigenvalue weighted by Crippen LogP contribution is 2.49. The fourth-order valence-electron chi connectivity index (χ4n) is 9.38. The molecule has 0 saturated carbocycles. The Labute approximate surface area is 428 Å². The van der Waals surface area contributed by atoms with Crippen molar-refractivity contribution in [1.82, 2.24) is 15.0 Å². The van der Waals surface area contributed by atoms with Crippen molar-refractivity contribution in [3.05, 3.63) is 298 Å². The molecule has 1 heterocycles. The molecule has 73 heavy (non-hydrogen) atoms. The second kappa shape index (κ2) is 21.1. The molecule has 11 aromatic rings. The predicted molar refractivity (Wildman–Crippen MR) is 306 cm³/mol. The average molecular weight is 935 g/mol. The summed E-state index contributed by atoms with van der Waals surface area (Å²) in [6.07, 6.45) is 5.66. The second-order valence-electron chi connectivity index (χ2n) is 17.7. The zero-order chi connectivity index (χ0) is 49.3. The van der Waals surface area contributed by atoms with Crippen molar-refractivity contribution in [3.63, 3.8) is 0 Å². The van der Waals surface area contributed by atoms with Crippen molar-refractivity contribution in [2.45, 2.75) is 0 Å². The maximum absolute atomic E-state index is 5.30. The highest BCUT2D eigenvalue weighted by atomic mass is 15.1. The summed E-state index contributed by atoms with van der Waals surface area (Å²) in [5.41, 5.74) is 18.6. The lowest BCUT2D eigenvalue weighted by atomic mass is 9.90. The molecule has 0 aliphatic rings. The van der Waals surface area contributed by atoms with Crippen LogP contribution < -0.4 is 4.90 Å². The number of aromatic nitrogens is 3. The molecular formula is C69H50N4. The molecule has 0 radical (unpaired) electrons. The van der Waals surface area contributed by atoms with Crippen LogP contribution in [0.2, 0.25) is 0 Å². The van der Waals surface area contributed by atoms with E-state index in [1.54, 1.807) is 6.08 Å². The van der Waals surface area contributed by atoms with Crippen LogP contribution >= 0.6 is 0 Å². The predicted octanol–water partition coefficient (Wildman–Crippen LogP) is 18.4. The Kier molecular flexibility index (Phi) is 13.2. The molecule has 0 N–H and O–H groups in total. The summed E-state index contributed by atoms with van der Waals surface area (Å²) in [5.74, 6) is 1.75. The zero-order valence-corrected chi connectivity index (χ0v) is 40.3. The second-order valence-corrected chi connectivity index (χ2v) is 17.7. The third kappa shape index (κ3) is 9.87. The first-order valence-electron chi connectivity index (χ1n) is 24.5.